The lowest BCUT2D eigenvalue weighted by atomic mass is 10.1. The topological polar surface area (TPSA) is 127 Å². The molecule has 198 valence electrons. The monoisotopic (exact) mass is 522 g/mol. The summed E-state index contributed by atoms with van der Waals surface area (Å²) < 4.78 is 29.5. The van der Waals surface area contributed by atoms with Gasteiger partial charge < -0.3 is 24.8 Å². The van der Waals surface area contributed by atoms with Gasteiger partial charge in [0.25, 0.3) is 11.8 Å². The maximum atomic E-state index is 13.7. The number of carbonyl (C=O) groups is 3. The van der Waals surface area contributed by atoms with Crippen LogP contribution in [-0.2, 0) is 20.8 Å². The van der Waals surface area contributed by atoms with Crippen LogP contribution in [0.4, 0.5) is 10.1 Å². The fourth-order valence-electron chi connectivity index (χ4n) is 3.16. The highest BCUT2D eigenvalue weighted by atomic mass is 19.1. The summed E-state index contributed by atoms with van der Waals surface area (Å²) in [5.74, 6) is -0.599. The molecule has 0 aliphatic heterocycles. The highest BCUT2D eigenvalue weighted by Crippen LogP contribution is 2.27. The number of benzene rings is 3. The highest BCUT2D eigenvalue weighted by Gasteiger charge is 2.11. The Morgan fingerprint density at radius 3 is 2.37 bits per heavy atom. The van der Waals surface area contributed by atoms with Crippen molar-refractivity contribution in [3.05, 3.63) is 83.7 Å². The zero-order valence-electron chi connectivity index (χ0n) is 20.8. The van der Waals surface area contributed by atoms with Gasteiger partial charge in [0.15, 0.2) is 18.1 Å². The number of amides is 3. The zero-order chi connectivity index (χ0) is 27.3. The third kappa shape index (κ3) is 8.63. The molecule has 0 heterocycles. The number of nitrogens with one attached hydrogen (secondary N) is 3. The summed E-state index contributed by atoms with van der Waals surface area (Å²) in [5.41, 5.74) is 3.75. The van der Waals surface area contributed by atoms with Crippen molar-refractivity contribution in [1.82, 2.24) is 10.7 Å². The molecule has 0 saturated heterocycles. The van der Waals surface area contributed by atoms with Gasteiger partial charge in [0, 0.05) is 0 Å². The van der Waals surface area contributed by atoms with Crippen LogP contribution in [0, 0.1) is 5.82 Å². The van der Waals surface area contributed by atoms with Gasteiger partial charge in [-0.05, 0) is 53.6 Å². The Hall–Kier alpha value is -4.93. The number of para-hydroxylation sites is 1. The van der Waals surface area contributed by atoms with Gasteiger partial charge in [0.2, 0.25) is 5.91 Å². The van der Waals surface area contributed by atoms with E-state index in [0.29, 0.717) is 17.1 Å². The standard InChI is InChI=1S/C27H27FN4O6/c1-36-20-10-7-18(8-11-20)14-25(33)29-16-26(34)32-30-15-19-9-12-23(24(13-19)37-2)38-17-27(35)31-22-6-4-3-5-21(22)28/h3-13,15H,14,16-17H2,1-2H3,(H,29,33)(H,31,35)(H,32,34). The Labute approximate surface area is 218 Å². The summed E-state index contributed by atoms with van der Waals surface area (Å²) in [4.78, 5) is 36.1. The molecule has 3 N–H and O–H groups in total. The SMILES string of the molecule is COc1ccc(CC(=O)NCC(=O)NN=Cc2ccc(OCC(=O)Nc3ccccc3F)c(OC)c2)cc1. The lowest BCUT2D eigenvalue weighted by molar-refractivity contribution is -0.125. The largest absolute Gasteiger partial charge is 0.497 e. The molecule has 0 aromatic heterocycles. The molecule has 3 aromatic carbocycles. The van der Waals surface area contributed by atoms with E-state index in [4.69, 9.17) is 14.2 Å². The molecule has 0 fully saturated rings. The zero-order valence-corrected chi connectivity index (χ0v) is 20.8. The van der Waals surface area contributed by atoms with E-state index in [9.17, 15) is 18.8 Å². The summed E-state index contributed by atoms with van der Waals surface area (Å²) in [6.07, 6.45) is 1.51. The lowest BCUT2D eigenvalue weighted by Gasteiger charge is -2.11. The van der Waals surface area contributed by atoms with Gasteiger partial charge in [0.1, 0.15) is 11.6 Å². The lowest BCUT2D eigenvalue weighted by Crippen LogP contribution is -2.35. The Morgan fingerprint density at radius 1 is 0.895 bits per heavy atom. The number of nitrogens with zero attached hydrogens (tertiary/aromatic N) is 1. The van der Waals surface area contributed by atoms with E-state index in [1.54, 1.807) is 55.6 Å². The van der Waals surface area contributed by atoms with E-state index in [0.717, 1.165) is 5.56 Å². The Kier molecular flexibility index (Phi) is 10.2. The van der Waals surface area contributed by atoms with Gasteiger partial charge in [-0.1, -0.05) is 24.3 Å². The maximum Gasteiger partial charge on any atom is 0.262 e. The Bertz CT molecular complexity index is 1300. The first-order chi connectivity index (χ1) is 18.4. The first-order valence-corrected chi connectivity index (χ1v) is 11.4. The van der Waals surface area contributed by atoms with Crippen LogP contribution in [0.2, 0.25) is 0 Å². The van der Waals surface area contributed by atoms with E-state index in [2.05, 4.69) is 21.2 Å². The average Bonchev–Trinajstić information content (AvgIpc) is 2.92. The van der Waals surface area contributed by atoms with Crippen molar-refractivity contribution in [2.45, 2.75) is 6.42 Å². The van der Waals surface area contributed by atoms with Crippen LogP contribution in [0.1, 0.15) is 11.1 Å². The number of methoxy groups -OCH3 is 2. The van der Waals surface area contributed by atoms with Crippen molar-refractivity contribution in [2.24, 2.45) is 5.10 Å². The van der Waals surface area contributed by atoms with Crippen LogP contribution in [0.5, 0.6) is 17.2 Å². The van der Waals surface area contributed by atoms with Crippen LogP contribution < -0.4 is 30.3 Å². The van der Waals surface area contributed by atoms with Crippen LogP contribution >= 0.6 is 0 Å². The highest BCUT2D eigenvalue weighted by molar-refractivity contribution is 5.92. The summed E-state index contributed by atoms with van der Waals surface area (Å²) in [6.45, 7) is -0.601. The van der Waals surface area contributed by atoms with Crippen LogP contribution in [-0.4, -0.2) is 51.3 Å². The minimum Gasteiger partial charge on any atom is -0.497 e. The van der Waals surface area contributed by atoms with Gasteiger partial charge in [-0.15, -0.1) is 0 Å². The molecule has 0 radical (unpaired) electrons. The molecule has 0 saturated carbocycles. The number of hydrogen-bond donors (Lipinski definition) is 3. The number of anilines is 1. The van der Waals surface area contributed by atoms with Crippen LogP contribution in [0.3, 0.4) is 0 Å². The summed E-state index contributed by atoms with van der Waals surface area (Å²) in [7, 11) is 2.99. The number of hydrazone groups is 1. The molecule has 0 unspecified atom stereocenters. The molecule has 11 heteroatoms. The first kappa shape index (κ1) is 27.7. The second-order valence-electron chi connectivity index (χ2n) is 7.82. The quantitative estimate of drug-likeness (QED) is 0.248. The molecule has 0 spiro atoms. The van der Waals surface area contributed by atoms with Gasteiger partial charge in [0.05, 0.1) is 39.1 Å². The Morgan fingerprint density at radius 2 is 1.66 bits per heavy atom. The van der Waals surface area contributed by atoms with E-state index in [-0.39, 0.29) is 36.9 Å². The molecule has 0 aliphatic rings. The predicted molar refractivity (Wildman–Crippen MR) is 139 cm³/mol. The third-order valence-electron chi connectivity index (χ3n) is 5.07. The second-order valence-corrected chi connectivity index (χ2v) is 7.82. The van der Waals surface area contributed by atoms with Crippen molar-refractivity contribution in [2.75, 3.05) is 32.7 Å². The number of ether oxygens (including phenoxy) is 3. The number of carbonyl (C=O) groups excluding carboxylic acids is 3. The molecule has 3 amide bonds. The fraction of sp³-hybridized carbons (Fsp3) is 0.185. The van der Waals surface area contributed by atoms with Crippen molar-refractivity contribution in [3.63, 3.8) is 0 Å². The van der Waals surface area contributed by atoms with Gasteiger partial charge >= 0.3 is 0 Å². The molecule has 10 nitrogen and oxygen atoms in total. The number of halogens is 1. The fourth-order valence-corrected chi connectivity index (χ4v) is 3.16. The van der Waals surface area contributed by atoms with Gasteiger partial charge in [-0.3, -0.25) is 14.4 Å². The third-order valence-corrected chi connectivity index (χ3v) is 5.07. The van der Waals surface area contributed by atoms with E-state index >= 15 is 0 Å². The molecule has 3 aromatic rings. The molecule has 0 bridgehead atoms. The molecule has 3 rings (SSSR count). The van der Waals surface area contributed by atoms with Gasteiger partial charge in [-0.2, -0.15) is 5.10 Å². The average molecular weight is 523 g/mol. The normalized spacial score (nSPS) is 10.5. The maximum absolute atomic E-state index is 13.7. The van der Waals surface area contributed by atoms with Crippen LogP contribution in [0.15, 0.2) is 71.8 Å². The molecular formula is C27H27FN4O6. The van der Waals surface area contributed by atoms with E-state index < -0.39 is 17.6 Å². The predicted octanol–water partition coefficient (Wildman–Crippen LogP) is 2.67. The minimum absolute atomic E-state index is 0.0541. The van der Waals surface area contributed by atoms with Crippen LogP contribution in [0.25, 0.3) is 0 Å². The molecule has 0 aliphatic carbocycles. The molecule has 38 heavy (non-hydrogen) atoms. The summed E-state index contributed by atoms with van der Waals surface area (Å²) >= 11 is 0. The summed E-state index contributed by atoms with van der Waals surface area (Å²) in [6, 6.07) is 17.7. The van der Waals surface area contributed by atoms with E-state index in [1.807, 2.05) is 0 Å². The van der Waals surface area contributed by atoms with E-state index in [1.165, 1.54) is 31.5 Å². The second kappa shape index (κ2) is 14.0. The summed E-state index contributed by atoms with van der Waals surface area (Å²) in [5, 5.41) is 8.83. The molecule has 0 atom stereocenters. The molecular weight excluding hydrogens is 495 g/mol. The minimum atomic E-state index is -0.551. The van der Waals surface area contributed by atoms with Crippen molar-refractivity contribution in [3.8, 4) is 17.2 Å². The van der Waals surface area contributed by atoms with Crippen molar-refractivity contribution >= 4 is 29.6 Å². The Balaban J connectivity index is 1.44. The first-order valence-electron chi connectivity index (χ1n) is 11.4. The number of hydrogen-bond acceptors (Lipinski definition) is 7. The number of rotatable bonds is 12. The smallest absolute Gasteiger partial charge is 0.262 e. The van der Waals surface area contributed by atoms with Crippen molar-refractivity contribution in [1.29, 1.82) is 0 Å². The van der Waals surface area contributed by atoms with Gasteiger partial charge in [-0.25, -0.2) is 9.82 Å². The van der Waals surface area contributed by atoms with Crippen molar-refractivity contribution < 1.29 is 33.0 Å².